The quantitative estimate of drug-likeness (QED) is 0.534. The van der Waals surface area contributed by atoms with Crippen LogP contribution in [0.1, 0.15) is 43.4 Å². The van der Waals surface area contributed by atoms with E-state index < -0.39 is 0 Å². The second kappa shape index (κ2) is 9.87. The van der Waals surface area contributed by atoms with Crippen molar-refractivity contribution >= 4 is 17.4 Å². The van der Waals surface area contributed by atoms with Gasteiger partial charge in [-0.3, -0.25) is 0 Å². The lowest BCUT2D eigenvalue weighted by molar-refractivity contribution is -0.0761. The van der Waals surface area contributed by atoms with Gasteiger partial charge in [-0.05, 0) is 67.5 Å². The van der Waals surface area contributed by atoms with Crippen molar-refractivity contribution in [3.05, 3.63) is 64.9 Å². The molecule has 150 valence electrons. The van der Waals surface area contributed by atoms with Crippen molar-refractivity contribution in [3.8, 4) is 0 Å². The van der Waals surface area contributed by atoms with Gasteiger partial charge in [0, 0.05) is 29.9 Å². The van der Waals surface area contributed by atoms with Crippen molar-refractivity contribution in [2.24, 2.45) is 17.8 Å². The molecule has 3 heterocycles. The van der Waals surface area contributed by atoms with Gasteiger partial charge in [-0.1, -0.05) is 43.0 Å². The molecule has 4 atom stereocenters. The van der Waals surface area contributed by atoms with Crippen LogP contribution in [0.25, 0.3) is 6.08 Å². The lowest BCUT2D eigenvalue weighted by atomic mass is 9.88. The van der Waals surface area contributed by atoms with Gasteiger partial charge in [-0.25, -0.2) is 0 Å². The fraction of sp³-hybridized carbons (Fsp3) is 0.520. The van der Waals surface area contributed by atoms with Gasteiger partial charge in [-0.15, -0.1) is 11.3 Å². The number of hydrogen-bond donors (Lipinski definition) is 0. The zero-order valence-corrected chi connectivity index (χ0v) is 17.5. The van der Waals surface area contributed by atoms with E-state index in [2.05, 4.69) is 60.5 Å². The Balaban J connectivity index is 1.36. The molecule has 0 N–H and O–H groups in total. The van der Waals surface area contributed by atoms with Crippen LogP contribution in [-0.2, 0) is 9.47 Å². The van der Waals surface area contributed by atoms with Crippen LogP contribution in [-0.4, -0.2) is 25.4 Å². The summed E-state index contributed by atoms with van der Waals surface area (Å²) in [7, 11) is 0. The van der Waals surface area contributed by atoms with Crippen molar-refractivity contribution < 1.29 is 9.47 Å². The summed E-state index contributed by atoms with van der Waals surface area (Å²) in [6, 6.07) is 4.24. The molecule has 1 aromatic heterocycles. The summed E-state index contributed by atoms with van der Waals surface area (Å²) < 4.78 is 12.1. The molecule has 2 saturated heterocycles. The third-order valence-corrected chi connectivity index (χ3v) is 7.10. The molecule has 2 aliphatic heterocycles. The Bertz CT molecular complexity index is 709. The van der Waals surface area contributed by atoms with E-state index in [1.165, 1.54) is 37.0 Å². The van der Waals surface area contributed by atoms with Crippen LogP contribution in [0.4, 0.5) is 0 Å². The molecule has 4 unspecified atom stereocenters. The molecule has 0 bridgehead atoms. The highest BCUT2D eigenvalue weighted by molar-refractivity contribution is 7.10. The third-order valence-electron chi connectivity index (χ3n) is 6.26. The number of hydrogen-bond acceptors (Lipinski definition) is 3. The first kappa shape index (κ1) is 19.9. The summed E-state index contributed by atoms with van der Waals surface area (Å²) in [4.78, 5) is 1.29. The van der Waals surface area contributed by atoms with Crippen LogP contribution < -0.4 is 0 Å². The summed E-state index contributed by atoms with van der Waals surface area (Å²) in [5, 5.41) is 2.12. The van der Waals surface area contributed by atoms with E-state index in [-0.39, 0.29) is 5.92 Å². The predicted molar refractivity (Wildman–Crippen MR) is 118 cm³/mol. The molecule has 28 heavy (non-hydrogen) atoms. The second-order valence-electron chi connectivity index (χ2n) is 8.32. The van der Waals surface area contributed by atoms with Crippen molar-refractivity contribution in [2.75, 3.05) is 13.2 Å². The average Bonchev–Trinajstić information content (AvgIpc) is 3.17. The minimum absolute atomic E-state index is 0.268. The van der Waals surface area contributed by atoms with E-state index in [9.17, 15) is 0 Å². The van der Waals surface area contributed by atoms with E-state index in [1.54, 1.807) is 11.3 Å². The third kappa shape index (κ3) is 5.34. The minimum atomic E-state index is 0.268. The van der Waals surface area contributed by atoms with E-state index >= 15 is 0 Å². The molecule has 4 rings (SSSR count). The molecular formula is C25H32O2S. The summed E-state index contributed by atoms with van der Waals surface area (Å²) in [6.45, 7) is 6.14. The predicted octanol–water partition coefficient (Wildman–Crippen LogP) is 6.43. The lowest BCUT2D eigenvalue weighted by Crippen LogP contribution is -2.34. The monoisotopic (exact) mass is 396 g/mol. The fourth-order valence-corrected chi connectivity index (χ4v) is 5.17. The van der Waals surface area contributed by atoms with E-state index in [0.29, 0.717) is 18.1 Å². The van der Waals surface area contributed by atoms with Gasteiger partial charge in [0.1, 0.15) is 0 Å². The minimum Gasteiger partial charge on any atom is -0.381 e. The highest BCUT2D eigenvalue weighted by Crippen LogP contribution is 2.33. The van der Waals surface area contributed by atoms with Crippen LogP contribution in [0.5, 0.6) is 0 Å². The highest BCUT2D eigenvalue weighted by Gasteiger charge is 2.29. The van der Waals surface area contributed by atoms with Crippen molar-refractivity contribution in [2.45, 2.75) is 50.7 Å². The molecule has 0 spiro atoms. The molecule has 0 radical (unpaired) electrons. The largest absolute Gasteiger partial charge is 0.381 e. The van der Waals surface area contributed by atoms with E-state index in [4.69, 9.17) is 9.47 Å². The molecule has 3 heteroatoms. The van der Waals surface area contributed by atoms with Crippen molar-refractivity contribution in [3.63, 3.8) is 0 Å². The van der Waals surface area contributed by atoms with Gasteiger partial charge in [0.15, 0.2) is 0 Å². The van der Waals surface area contributed by atoms with Crippen molar-refractivity contribution in [1.82, 2.24) is 0 Å². The number of thiophene rings is 1. The Hall–Kier alpha value is -1.42. The molecule has 2 fully saturated rings. The first-order valence-electron chi connectivity index (χ1n) is 10.8. The maximum absolute atomic E-state index is 6.58. The Morgan fingerprint density at radius 2 is 2.00 bits per heavy atom. The van der Waals surface area contributed by atoms with Crippen LogP contribution >= 0.6 is 11.3 Å². The first-order valence-corrected chi connectivity index (χ1v) is 11.7. The molecule has 2 nitrogen and oxygen atoms in total. The molecular weight excluding hydrogens is 364 g/mol. The number of rotatable bonds is 5. The lowest BCUT2D eigenvalue weighted by Gasteiger charge is -2.35. The second-order valence-corrected chi connectivity index (χ2v) is 9.29. The van der Waals surface area contributed by atoms with E-state index in [0.717, 1.165) is 31.1 Å². The fourth-order valence-electron chi connectivity index (χ4n) is 4.54. The average molecular weight is 397 g/mol. The topological polar surface area (TPSA) is 18.5 Å². The summed E-state index contributed by atoms with van der Waals surface area (Å²) in [5.74, 6) is 1.41. The zero-order chi connectivity index (χ0) is 19.2. The Morgan fingerprint density at radius 1 is 1.11 bits per heavy atom. The molecule has 0 aromatic carbocycles. The smallest absolute Gasteiger partial charge is 0.0676 e. The molecule has 0 saturated carbocycles. The van der Waals surface area contributed by atoms with Gasteiger partial charge in [-0.2, -0.15) is 0 Å². The van der Waals surface area contributed by atoms with Crippen LogP contribution in [0, 0.1) is 17.8 Å². The van der Waals surface area contributed by atoms with Gasteiger partial charge in [0.25, 0.3) is 0 Å². The standard InChI is InChI=1S/C25H32O2S/c1-19-7-8-22(10-9-21(19)11-12-24-5-3-17-28-24)25-6-2-4-23(27-25)18-20-13-15-26-16-14-20/h3,5,7-12,17,20-23,25H,1-2,4,6,13-16,18H2/b12-11+. The Kier molecular flexibility index (Phi) is 7.00. The Labute approximate surface area is 173 Å². The number of allylic oxidation sites excluding steroid dienone is 4. The maximum atomic E-state index is 6.58. The van der Waals surface area contributed by atoms with Gasteiger partial charge in [0.05, 0.1) is 12.2 Å². The summed E-state index contributed by atoms with van der Waals surface area (Å²) in [5.41, 5.74) is 1.15. The summed E-state index contributed by atoms with van der Waals surface area (Å²) >= 11 is 1.77. The molecule has 1 aliphatic carbocycles. The first-order chi connectivity index (χ1) is 13.8. The van der Waals surface area contributed by atoms with E-state index in [1.807, 2.05) is 0 Å². The SMILES string of the molecule is C=C1C=CC(C2CCCC(CC3CCOCC3)O2)C=CC1/C=C/c1cccs1. The van der Waals surface area contributed by atoms with Gasteiger partial charge in [0.2, 0.25) is 0 Å². The normalized spacial score (nSPS) is 32.1. The maximum Gasteiger partial charge on any atom is 0.0676 e. The van der Waals surface area contributed by atoms with Crippen LogP contribution in [0.3, 0.4) is 0 Å². The Morgan fingerprint density at radius 3 is 2.82 bits per heavy atom. The van der Waals surface area contributed by atoms with Crippen LogP contribution in [0.15, 0.2) is 60.0 Å². The zero-order valence-electron chi connectivity index (χ0n) is 16.7. The highest BCUT2D eigenvalue weighted by atomic mass is 32.1. The molecule has 1 aromatic rings. The summed E-state index contributed by atoms with van der Waals surface area (Å²) in [6.07, 6.45) is 21.6. The molecule has 3 aliphatic rings. The number of ether oxygens (including phenoxy) is 2. The van der Waals surface area contributed by atoms with Gasteiger partial charge >= 0.3 is 0 Å². The molecule has 0 amide bonds. The van der Waals surface area contributed by atoms with Crippen molar-refractivity contribution in [1.29, 1.82) is 0 Å². The van der Waals surface area contributed by atoms with Gasteiger partial charge < -0.3 is 9.47 Å². The van der Waals surface area contributed by atoms with Crippen LogP contribution in [0.2, 0.25) is 0 Å².